The maximum absolute atomic E-state index is 11.6. The molecule has 0 aromatic carbocycles. The van der Waals surface area contributed by atoms with Crippen LogP contribution in [0.15, 0.2) is 11.6 Å². The van der Waals surface area contributed by atoms with Gasteiger partial charge in [0, 0.05) is 12.8 Å². The number of carboxylic acid groups (broad SMARTS) is 1. The van der Waals surface area contributed by atoms with Crippen molar-refractivity contribution in [2.24, 2.45) is 5.92 Å². The minimum atomic E-state index is -0.719. The molecule has 0 saturated heterocycles. The largest absolute Gasteiger partial charge is 0.481 e. The first kappa shape index (κ1) is 22.7. The van der Waals surface area contributed by atoms with Crippen LogP contribution in [0.25, 0.3) is 0 Å². The first-order chi connectivity index (χ1) is 11.4. The second-order valence-electron chi connectivity index (χ2n) is 6.99. The summed E-state index contributed by atoms with van der Waals surface area (Å²) in [5.41, 5.74) is 1.36. The molecule has 0 rings (SSSR count). The first-order valence-corrected chi connectivity index (χ1v) is 9.42. The molecule has 0 aliphatic carbocycles. The van der Waals surface area contributed by atoms with Crippen molar-refractivity contribution in [1.82, 2.24) is 0 Å². The van der Waals surface area contributed by atoms with Gasteiger partial charge >= 0.3 is 11.9 Å². The molecule has 0 fully saturated rings. The molecule has 0 radical (unpaired) electrons. The van der Waals surface area contributed by atoms with Crippen LogP contribution in [-0.4, -0.2) is 23.7 Å². The Morgan fingerprint density at radius 2 is 1.54 bits per heavy atom. The number of ether oxygens (including phenoxy) is 1. The lowest BCUT2D eigenvalue weighted by atomic mass is 10.0. The molecule has 0 saturated carbocycles. The van der Waals surface area contributed by atoms with Gasteiger partial charge in [0.25, 0.3) is 0 Å². The number of aliphatic carboxylic acids is 1. The number of carbonyl (C=O) groups excluding carboxylic acids is 1. The highest BCUT2D eigenvalue weighted by Crippen LogP contribution is 2.13. The van der Waals surface area contributed by atoms with E-state index in [9.17, 15) is 9.59 Å². The molecular weight excluding hydrogens is 304 g/mol. The summed E-state index contributed by atoms with van der Waals surface area (Å²) in [5, 5.41) is 8.53. The van der Waals surface area contributed by atoms with Crippen LogP contribution >= 0.6 is 0 Å². The van der Waals surface area contributed by atoms with E-state index in [4.69, 9.17) is 9.84 Å². The predicted octanol–water partition coefficient (Wildman–Crippen LogP) is 5.51. The molecule has 24 heavy (non-hydrogen) atoms. The molecule has 0 aliphatic heterocycles. The number of allylic oxidation sites excluding steroid dienone is 2. The van der Waals surface area contributed by atoms with Gasteiger partial charge in [-0.3, -0.25) is 9.59 Å². The van der Waals surface area contributed by atoms with Crippen LogP contribution in [0.4, 0.5) is 0 Å². The van der Waals surface area contributed by atoms with Gasteiger partial charge < -0.3 is 9.84 Å². The van der Waals surface area contributed by atoms with Crippen LogP contribution in [0.1, 0.15) is 91.4 Å². The van der Waals surface area contributed by atoms with E-state index in [1.54, 1.807) is 0 Å². The van der Waals surface area contributed by atoms with Crippen LogP contribution in [0.3, 0.4) is 0 Å². The summed E-state index contributed by atoms with van der Waals surface area (Å²) in [6, 6.07) is 0. The molecular formula is C20H36O4. The summed E-state index contributed by atoms with van der Waals surface area (Å²) in [6.07, 6.45) is 11.9. The van der Waals surface area contributed by atoms with Gasteiger partial charge in [-0.25, -0.2) is 0 Å². The molecule has 0 aromatic heterocycles. The van der Waals surface area contributed by atoms with Gasteiger partial charge in [0.2, 0.25) is 0 Å². The summed E-state index contributed by atoms with van der Waals surface area (Å²) < 4.78 is 5.29. The number of esters is 1. The van der Waals surface area contributed by atoms with Crippen molar-refractivity contribution in [2.45, 2.75) is 91.4 Å². The fraction of sp³-hybridized carbons (Fsp3) is 0.800. The smallest absolute Gasteiger partial charge is 0.305 e. The number of hydrogen-bond donors (Lipinski definition) is 1. The van der Waals surface area contributed by atoms with Gasteiger partial charge in [-0.2, -0.15) is 0 Å². The third-order valence-electron chi connectivity index (χ3n) is 4.11. The second-order valence-corrected chi connectivity index (χ2v) is 6.99. The molecule has 4 nitrogen and oxygen atoms in total. The van der Waals surface area contributed by atoms with E-state index >= 15 is 0 Å². The third-order valence-corrected chi connectivity index (χ3v) is 4.11. The van der Waals surface area contributed by atoms with Crippen molar-refractivity contribution in [2.75, 3.05) is 6.61 Å². The van der Waals surface area contributed by atoms with Gasteiger partial charge in [0.05, 0.1) is 6.61 Å². The maximum atomic E-state index is 11.6. The average Bonchev–Trinajstić information content (AvgIpc) is 2.49. The Morgan fingerprint density at radius 1 is 0.958 bits per heavy atom. The van der Waals surface area contributed by atoms with Crippen LogP contribution in [0.2, 0.25) is 0 Å². The van der Waals surface area contributed by atoms with Crippen molar-refractivity contribution in [3.05, 3.63) is 11.6 Å². The SMILES string of the molecule is CC(C)=CCC[C@H](C)CCOC(=O)CCCCCCCCC(=O)O. The lowest BCUT2D eigenvalue weighted by Crippen LogP contribution is -2.08. The summed E-state index contributed by atoms with van der Waals surface area (Å²) in [4.78, 5) is 22.0. The van der Waals surface area contributed by atoms with Gasteiger partial charge in [-0.15, -0.1) is 0 Å². The molecule has 0 amide bonds. The Hall–Kier alpha value is -1.32. The number of carboxylic acids is 1. The number of carbonyl (C=O) groups is 2. The summed E-state index contributed by atoms with van der Waals surface area (Å²) in [7, 11) is 0. The molecule has 0 unspecified atom stereocenters. The molecule has 4 heteroatoms. The fourth-order valence-corrected chi connectivity index (χ4v) is 2.50. The molecule has 0 aliphatic rings. The Labute approximate surface area is 147 Å². The van der Waals surface area contributed by atoms with E-state index in [2.05, 4.69) is 26.8 Å². The normalized spacial score (nSPS) is 11.8. The van der Waals surface area contributed by atoms with Crippen LogP contribution < -0.4 is 0 Å². The summed E-state index contributed by atoms with van der Waals surface area (Å²) >= 11 is 0. The Bertz CT molecular complexity index is 370. The highest BCUT2D eigenvalue weighted by atomic mass is 16.5. The van der Waals surface area contributed by atoms with Crippen molar-refractivity contribution in [3.63, 3.8) is 0 Å². The Balaban J connectivity index is 3.40. The van der Waals surface area contributed by atoms with Crippen molar-refractivity contribution < 1.29 is 19.4 Å². The predicted molar refractivity (Wildman–Crippen MR) is 98.0 cm³/mol. The highest BCUT2D eigenvalue weighted by Gasteiger charge is 2.06. The number of rotatable bonds is 15. The fourth-order valence-electron chi connectivity index (χ4n) is 2.50. The topological polar surface area (TPSA) is 63.6 Å². The quantitative estimate of drug-likeness (QED) is 0.243. The lowest BCUT2D eigenvalue weighted by molar-refractivity contribution is -0.144. The van der Waals surface area contributed by atoms with E-state index < -0.39 is 5.97 Å². The monoisotopic (exact) mass is 340 g/mol. The minimum absolute atomic E-state index is 0.0858. The zero-order valence-electron chi connectivity index (χ0n) is 15.8. The third kappa shape index (κ3) is 17.0. The van der Waals surface area contributed by atoms with E-state index in [-0.39, 0.29) is 12.4 Å². The second kappa shape index (κ2) is 15.2. The lowest BCUT2D eigenvalue weighted by Gasteiger charge is -2.10. The van der Waals surface area contributed by atoms with E-state index in [0.717, 1.165) is 57.8 Å². The van der Waals surface area contributed by atoms with Gasteiger partial charge in [0.15, 0.2) is 0 Å². The molecule has 140 valence electrons. The van der Waals surface area contributed by atoms with Gasteiger partial charge in [-0.1, -0.05) is 44.3 Å². The zero-order chi connectivity index (χ0) is 18.2. The van der Waals surface area contributed by atoms with Gasteiger partial charge in [0.1, 0.15) is 0 Å². The van der Waals surface area contributed by atoms with Crippen molar-refractivity contribution >= 4 is 11.9 Å². The van der Waals surface area contributed by atoms with E-state index in [1.807, 2.05) is 0 Å². The van der Waals surface area contributed by atoms with Gasteiger partial charge in [-0.05, 0) is 51.9 Å². The molecule has 1 N–H and O–H groups in total. The van der Waals surface area contributed by atoms with E-state index in [1.165, 1.54) is 5.57 Å². The molecule has 0 heterocycles. The van der Waals surface area contributed by atoms with Crippen molar-refractivity contribution in [3.8, 4) is 0 Å². The van der Waals surface area contributed by atoms with Crippen LogP contribution in [0.5, 0.6) is 0 Å². The maximum Gasteiger partial charge on any atom is 0.305 e. The Kier molecular flexibility index (Phi) is 14.4. The standard InChI is InChI=1S/C20H36O4/c1-17(2)11-10-12-18(3)15-16-24-20(23)14-9-7-5-4-6-8-13-19(21)22/h11,18H,4-10,12-16H2,1-3H3,(H,21,22)/t18-/m0/s1. The van der Waals surface area contributed by atoms with Crippen molar-refractivity contribution in [1.29, 1.82) is 0 Å². The summed E-state index contributed by atoms with van der Waals surface area (Å²) in [5.74, 6) is -0.222. The zero-order valence-corrected chi connectivity index (χ0v) is 15.8. The highest BCUT2D eigenvalue weighted by molar-refractivity contribution is 5.69. The molecule has 0 spiro atoms. The molecule has 0 aromatic rings. The van der Waals surface area contributed by atoms with E-state index in [0.29, 0.717) is 18.9 Å². The van der Waals surface area contributed by atoms with Crippen LogP contribution in [0, 0.1) is 5.92 Å². The Morgan fingerprint density at radius 3 is 2.12 bits per heavy atom. The van der Waals surface area contributed by atoms with Crippen LogP contribution in [-0.2, 0) is 14.3 Å². The number of hydrogen-bond acceptors (Lipinski definition) is 3. The number of unbranched alkanes of at least 4 members (excludes halogenated alkanes) is 5. The molecule has 0 bridgehead atoms. The average molecular weight is 341 g/mol. The molecule has 1 atom stereocenters. The first-order valence-electron chi connectivity index (χ1n) is 9.42. The minimum Gasteiger partial charge on any atom is -0.481 e. The summed E-state index contributed by atoms with van der Waals surface area (Å²) in [6.45, 7) is 6.96.